The zero-order chi connectivity index (χ0) is 108. The second kappa shape index (κ2) is 62.3. The van der Waals surface area contributed by atoms with Crippen molar-refractivity contribution in [3.8, 4) is 0 Å². The number of fused-ring (bicyclic) bond motifs is 2. The minimum Gasteiger partial charge on any atom is -0.394 e. The maximum Gasteiger partial charge on any atom is 0.312 e. The summed E-state index contributed by atoms with van der Waals surface area (Å²) in [6, 6.07) is 18.0. The molecule has 3 aromatic rings. The van der Waals surface area contributed by atoms with Crippen LogP contribution < -0.4 is 70.1 Å². The lowest BCUT2D eigenvalue weighted by Crippen LogP contribution is -2.64. The predicted molar refractivity (Wildman–Crippen MR) is 549 cm³/mol. The summed E-state index contributed by atoms with van der Waals surface area (Å²) in [6.07, 6.45) is -5.53. The lowest BCUT2D eigenvalue weighted by atomic mass is 9.83. The van der Waals surface area contributed by atoms with Crippen molar-refractivity contribution in [3.05, 3.63) is 113 Å². The Kier molecular flexibility index (Phi) is 51.6. The largest absolute Gasteiger partial charge is 0.394 e. The van der Waals surface area contributed by atoms with Crippen molar-refractivity contribution in [2.45, 2.75) is 289 Å². The van der Waals surface area contributed by atoms with Crippen LogP contribution in [-0.4, -0.2) is 329 Å². The first-order chi connectivity index (χ1) is 70.4. The Balaban J connectivity index is 0.858. The summed E-state index contributed by atoms with van der Waals surface area (Å²) in [5, 5.41) is 74.8. The third-order valence-electron chi connectivity index (χ3n) is 28.4. The van der Waals surface area contributed by atoms with Gasteiger partial charge in [-0.2, -0.15) is 0 Å². The molecule has 3 aromatic carbocycles. The third kappa shape index (κ3) is 35.4. The van der Waals surface area contributed by atoms with Crippen LogP contribution in [0.1, 0.15) is 220 Å². The summed E-state index contributed by atoms with van der Waals surface area (Å²) in [4.78, 5) is 177. The second-order valence-electron chi connectivity index (χ2n) is 39.8. The number of Topliss-reactive ketones (excluding diaryl/α,β-unsaturated/α-hetero) is 2. The number of benzene rings is 3. The van der Waals surface area contributed by atoms with Gasteiger partial charge in [0.05, 0.1) is 155 Å². The van der Waals surface area contributed by atoms with Crippen LogP contribution in [0, 0.1) is 41.4 Å². The number of nitrogens with zero attached hydrogens (tertiary/aromatic N) is 5. The number of rotatable bonds is 63. The number of primary amides is 1. The van der Waals surface area contributed by atoms with E-state index in [9.17, 15) is 63.9 Å². The van der Waals surface area contributed by atoms with Gasteiger partial charge in [0.2, 0.25) is 53.2 Å². The average molecular weight is 2070 g/mol. The first-order valence-corrected chi connectivity index (χ1v) is 52.2. The van der Waals surface area contributed by atoms with E-state index < -0.39 is 181 Å². The molecule has 147 heavy (non-hydrogen) atoms. The minimum absolute atomic E-state index is 0.0115. The smallest absolute Gasteiger partial charge is 0.312 e. The number of carbonyl (C=O) groups is 12. The monoisotopic (exact) mass is 2070 g/mol. The molecule has 1 unspecified atom stereocenters. The van der Waals surface area contributed by atoms with Crippen LogP contribution in [-0.2, 0) is 97.2 Å². The van der Waals surface area contributed by atoms with E-state index in [0.717, 1.165) is 41.6 Å². The summed E-state index contributed by atoms with van der Waals surface area (Å²) in [5.41, 5.74) is 20.8. The highest BCUT2D eigenvalue weighted by molar-refractivity contribution is 6.02. The second-order valence-corrected chi connectivity index (χ2v) is 39.8. The number of urea groups is 1. The zero-order valence-corrected chi connectivity index (χ0v) is 88.5. The molecule has 0 radical (unpaired) electrons. The number of likely N-dealkylation sites (N-methyl/N-ethyl adjacent to an activating group) is 2. The standard InChI is InChI=1S/C105H167N17O25/c1-16-66(8)94(82(140-14)59-88(130)120-48-30-40-78(120)99(141-15)67(9)100(135)112-68(10)95(131)69-31-19-17-20-32-69)119(13)103(138)74(63(2)3)58-80(125)93(65(6)7)118(12)102(137)70(34-29-46-111-105(106)139)57-79(124)89(64(4)5)114-101(136)75(37-27-28-45-109-86(128)62-146-81-41-22-18-21-39-77-92(81)116-117-122(77)104-98(134)97(133)96(132)83(61-123)147-104)113-85(127)44-49-142-51-53-144-55-56-145-54-52-143-50-47-110-84(126)42-43-87(129)121-60-71-33-23-24-35-72(71)90(108-11)91(115-107)73-36-25-26-38-76(73)121/h17,19-20,23-26,31-33,35-36,38,63-68,70,74-75,78,81-83,89,93-99,104,108,115-117,123,131-134H,16,18,21-22,27-30,34,37,39-62,107H2,1-15H3,(H,109,128)(H,110,126)(H,112,135)(H,113,127)(H,114,136)(H3,106,111,139)/b91-90-/t66-,67+,68+,70+,74-,75+,78-,81?,82+,83+,89-,93-,94-,95+,96-,97-,98+,99+,104+/m0/s1. The number of amides is 11. The highest BCUT2D eigenvalue weighted by atomic mass is 16.6. The fraction of sp³-hybridized carbons (Fsp3) is 0.676. The fourth-order valence-corrected chi connectivity index (χ4v) is 20.1. The number of hydrazine groups is 3. The van der Waals surface area contributed by atoms with Gasteiger partial charge in [-0.05, 0) is 112 Å². The van der Waals surface area contributed by atoms with Crippen molar-refractivity contribution < 1.29 is 121 Å². The molecule has 2 fully saturated rings. The number of aliphatic hydroxyl groups is 5. The molecule has 19 N–H and O–H groups in total. The molecule has 4 heterocycles. The Morgan fingerprint density at radius 1 is 0.605 bits per heavy atom. The van der Waals surface area contributed by atoms with Gasteiger partial charge in [0, 0.05) is 117 Å². The van der Waals surface area contributed by atoms with Crippen molar-refractivity contribution in [2.24, 2.45) is 53.0 Å². The van der Waals surface area contributed by atoms with E-state index in [1.807, 2.05) is 89.3 Å². The van der Waals surface area contributed by atoms with Gasteiger partial charge in [-0.25, -0.2) is 4.79 Å². The molecule has 0 bridgehead atoms. The SMILES string of the molecule is CC[C@H](C)[C@@H]([C@@H](CC(=O)N1CCC[C@H]1[C@H](OC)[C@@H](C)C(=O)N[C@H](C)[C@@H](O)c1ccccc1)OC)N(C)C(=O)[C@@H](CC(=O)[C@H](C(C)C)N(C)C(=O)[C@H](CCCNC(N)=O)CC(=O)[C@@H](NC(=O)[C@@H](CCCCNC(=O)COC1CCCCCC2=C1NNN2[C@@H]1O[C@H](CO)[C@H](O)[C@H](O)[C@H]1O)NC(=O)CCOCCOCCOCCOCCNC(=O)CCC(=O)N1Cc2ccccc2/C(NC)=C(/NN)c2ccccc21)C(C)C)C(C)C. The highest BCUT2D eigenvalue weighted by Crippen LogP contribution is 2.39. The van der Waals surface area contributed by atoms with Crippen molar-refractivity contribution in [3.63, 3.8) is 0 Å². The van der Waals surface area contributed by atoms with E-state index in [2.05, 4.69) is 53.6 Å². The molecule has 2 saturated heterocycles. The number of hydrogen-bond acceptors (Lipinski definition) is 31. The minimum atomic E-state index is -1.62. The summed E-state index contributed by atoms with van der Waals surface area (Å²) >= 11 is 0. The Bertz CT molecular complexity index is 4760. The molecule has 5 aliphatic rings. The molecule has 1 aliphatic carbocycles. The van der Waals surface area contributed by atoms with Crippen LogP contribution >= 0.6 is 0 Å². The van der Waals surface area contributed by atoms with Gasteiger partial charge < -0.3 is 137 Å². The Hall–Kier alpha value is -10.4. The van der Waals surface area contributed by atoms with Crippen LogP contribution in [0.5, 0.6) is 0 Å². The maximum absolute atomic E-state index is 15.4. The summed E-state index contributed by atoms with van der Waals surface area (Å²) in [7, 11) is 7.93. The van der Waals surface area contributed by atoms with E-state index in [-0.39, 0.29) is 179 Å². The average Bonchev–Trinajstić information content (AvgIpc) is 1.71. The molecular formula is C105H167N17O25. The number of methoxy groups -OCH3 is 2. The third-order valence-corrected chi connectivity index (χ3v) is 28.4. The number of nitrogens with two attached hydrogens (primary N) is 2. The van der Waals surface area contributed by atoms with E-state index in [1.54, 1.807) is 87.6 Å². The quantitative estimate of drug-likeness (QED) is 0.0216. The number of hydrogen-bond donors (Lipinski definition) is 17. The number of para-hydroxylation sites is 1. The lowest BCUT2D eigenvalue weighted by molar-refractivity contribution is -0.266. The van der Waals surface area contributed by atoms with E-state index in [0.29, 0.717) is 73.4 Å². The Labute approximate surface area is 865 Å². The molecule has 11 amide bonds. The summed E-state index contributed by atoms with van der Waals surface area (Å²) in [6.45, 7) is 19.4. The molecule has 0 saturated carbocycles. The van der Waals surface area contributed by atoms with Crippen LogP contribution in [0.25, 0.3) is 11.4 Å². The maximum atomic E-state index is 15.4. The number of unbranched alkanes of at least 4 members (excludes halogenated alkanes) is 1. The van der Waals surface area contributed by atoms with E-state index in [4.69, 9.17) is 49.5 Å². The van der Waals surface area contributed by atoms with Crippen molar-refractivity contribution in [1.82, 2.24) is 73.3 Å². The van der Waals surface area contributed by atoms with Crippen LogP contribution in [0.2, 0.25) is 0 Å². The van der Waals surface area contributed by atoms with Crippen LogP contribution in [0.4, 0.5) is 10.5 Å². The van der Waals surface area contributed by atoms with Crippen molar-refractivity contribution in [2.75, 3.05) is 133 Å². The van der Waals surface area contributed by atoms with E-state index >= 15 is 19.2 Å². The van der Waals surface area contributed by atoms with Gasteiger partial charge >= 0.3 is 6.03 Å². The number of nitrogens with one attached hydrogen (secondary N) is 10. The number of aliphatic hydroxyl groups excluding tert-OH is 5. The number of anilines is 1. The first kappa shape index (κ1) is 122. The normalized spacial score (nSPS) is 20.9. The number of carbonyl (C=O) groups excluding carboxylic acids is 12. The lowest BCUT2D eigenvalue weighted by Gasteiger charge is -2.44. The number of ether oxygens (including phenoxy) is 8. The molecular weight excluding hydrogens is 1900 g/mol. The Morgan fingerprint density at radius 3 is 1.90 bits per heavy atom. The predicted octanol–water partition coefficient (Wildman–Crippen LogP) is 3.89. The molecule has 822 valence electrons. The van der Waals surface area contributed by atoms with Gasteiger partial charge in [0.25, 0.3) is 0 Å². The molecule has 42 heteroatoms. The summed E-state index contributed by atoms with van der Waals surface area (Å²) in [5.74, 6) is -3.33. The van der Waals surface area contributed by atoms with Crippen LogP contribution in [0.3, 0.4) is 0 Å². The number of likely N-dealkylation sites (tertiary alicyclic amines) is 1. The van der Waals surface area contributed by atoms with Gasteiger partial charge in [0.1, 0.15) is 43.2 Å². The van der Waals surface area contributed by atoms with Crippen LogP contribution in [0.15, 0.2) is 90.3 Å². The topological polar surface area (TPSA) is 568 Å². The summed E-state index contributed by atoms with van der Waals surface area (Å²) < 4.78 is 47.1. The van der Waals surface area contributed by atoms with Gasteiger partial charge in [-0.15, -0.1) is 5.53 Å². The van der Waals surface area contributed by atoms with E-state index in [1.165, 1.54) is 31.2 Å². The fourth-order valence-electron chi connectivity index (χ4n) is 20.1. The molecule has 0 spiro atoms. The molecule has 4 aliphatic heterocycles. The van der Waals surface area contributed by atoms with Crippen molar-refractivity contribution >= 4 is 87.8 Å². The molecule has 19 atom stereocenters. The molecule has 8 rings (SSSR count). The first-order valence-electron chi connectivity index (χ1n) is 52.2. The molecule has 0 aromatic heterocycles. The van der Waals surface area contributed by atoms with Gasteiger partial charge in [0.15, 0.2) is 17.8 Å². The van der Waals surface area contributed by atoms with Gasteiger partial charge in [-0.1, -0.05) is 154 Å². The zero-order valence-electron chi connectivity index (χ0n) is 88.5. The number of ketones is 2. The molecule has 42 nitrogen and oxygen atoms in total. The highest BCUT2D eigenvalue weighted by Gasteiger charge is 2.50. The van der Waals surface area contributed by atoms with Gasteiger partial charge in [-0.3, -0.25) is 63.6 Å². The Morgan fingerprint density at radius 2 is 1.26 bits per heavy atom. The number of allylic oxidation sites excluding steroid dienone is 1. The van der Waals surface area contributed by atoms with Crippen molar-refractivity contribution in [1.29, 1.82) is 0 Å².